The molecule has 0 bridgehead atoms. The monoisotopic (exact) mass is 451 g/mol. The molecule has 2 heterocycles. The summed E-state index contributed by atoms with van der Waals surface area (Å²) >= 11 is 4.98. The molecule has 1 N–H and O–H groups in total. The molecule has 0 radical (unpaired) electrons. The Labute approximate surface area is 173 Å². The molecule has 5 nitrogen and oxygen atoms in total. The lowest BCUT2D eigenvalue weighted by molar-refractivity contribution is -0.116. The average molecular weight is 452 g/mol. The van der Waals surface area contributed by atoms with E-state index in [0.717, 1.165) is 47.0 Å². The van der Waals surface area contributed by atoms with Crippen LogP contribution < -0.4 is 10.1 Å². The van der Waals surface area contributed by atoms with Crippen molar-refractivity contribution in [2.75, 3.05) is 25.5 Å². The van der Waals surface area contributed by atoms with Crippen molar-refractivity contribution in [3.63, 3.8) is 0 Å². The van der Waals surface area contributed by atoms with E-state index in [-0.39, 0.29) is 5.91 Å². The first-order valence-electron chi connectivity index (χ1n) is 9.32. The standard InChI is InChI=1S/C20H26BrN3O2S/c1-14-4-3-9-24(11-14)12-16-13-27-20(22-16)23-19(25)8-6-15-5-7-18(26-2)17(21)10-15/h5,7,10,13-14H,3-4,6,8-9,11-12H2,1-2H3,(H,22,23,25). The van der Waals surface area contributed by atoms with Crippen LogP contribution in [0.3, 0.4) is 0 Å². The fraction of sp³-hybridized carbons (Fsp3) is 0.500. The first-order chi connectivity index (χ1) is 13.0. The number of amides is 1. The van der Waals surface area contributed by atoms with Crippen molar-refractivity contribution in [1.29, 1.82) is 0 Å². The van der Waals surface area contributed by atoms with Gasteiger partial charge in [-0.05, 0) is 65.4 Å². The van der Waals surface area contributed by atoms with Gasteiger partial charge in [0.25, 0.3) is 0 Å². The zero-order chi connectivity index (χ0) is 19.2. The number of aryl methyl sites for hydroxylation is 1. The van der Waals surface area contributed by atoms with Crippen LogP contribution >= 0.6 is 27.3 Å². The van der Waals surface area contributed by atoms with E-state index in [4.69, 9.17) is 4.74 Å². The Morgan fingerprint density at radius 2 is 2.33 bits per heavy atom. The Kier molecular flexibility index (Phi) is 7.26. The number of anilines is 1. The molecule has 1 aliphatic rings. The van der Waals surface area contributed by atoms with Gasteiger partial charge in [0, 0.05) is 24.9 Å². The molecule has 1 aromatic heterocycles. The maximum atomic E-state index is 12.2. The Morgan fingerprint density at radius 1 is 1.48 bits per heavy atom. The highest BCUT2D eigenvalue weighted by Gasteiger charge is 2.17. The van der Waals surface area contributed by atoms with Crippen LogP contribution in [-0.4, -0.2) is 36.0 Å². The van der Waals surface area contributed by atoms with Gasteiger partial charge >= 0.3 is 0 Å². The van der Waals surface area contributed by atoms with Gasteiger partial charge in [0.2, 0.25) is 5.91 Å². The average Bonchev–Trinajstić information content (AvgIpc) is 3.07. The summed E-state index contributed by atoms with van der Waals surface area (Å²) in [6.07, 6.45) is 3.69. The van der Waals surface area contributed by atoms with E-state index in [9.17, 15) is 4.79 Å². The number of benzene rings is 1. The molecule has 146 valence electrons. The number of ether oxygens (including phenoxy) is 1. The molecule has 1 fully saturated rings. The van der Waals surface area contributed by atoms with Gasteiger partial charge in [-0.3, -0.25) is 9.69 Å². The Bertz CT molecular complexity index is 780. The number of methoxy groups -OCH3 is 1. The van der Waals surface area contributed by atoms with Crippen molar-refractivity contribution >= 4 is 38.3 Å². The van der Waals surface area contributed by atoms with Crippen LogP contribution in [0.25, 0.3) is 0 Å². The minimum Gasteiger partial charge on any atom is -0.496 e. The number of nitrogens with one attached hydrogen (secondary N) is 1. The van der Waals surface area contributed by atoms with E-state index >= 15 is 0 Å². The van der Waals surface area contributed by atoms with Crippen LogP contribution in [0, 0.1) is 5.92 Å². The van der Waals surface area contributed by atoms with Crippen molar-refractivity contribution in [3.05, 3.63) is 39.3 Å². The van der Waals surface area contributed by atoms with Crippen molar-refractivity contribution in [1.82, 2.24) is 9.88 Å². The Hall–Kier alpha value is -1.44. The molecule has 1 unspecified atom stereocenters. The van der Waals surface area contributed by atoms with Gasteiger partial charge in [-0.15, -0.1) is 11.3 Å². The predicted molar refractivity (Wildman–Crippen MR) is 113 cm³/mol. The van der Waals surface area contributed by atoms with E-state index in [1.54, 1.807) is 7.11 Å². The first-order valence-corrected chi connectivity index (χ1v) is 11.0. The number of hydrogen-bond acceptors (Lipinski definition) is 5. The third-order valence-corrected chi connectivity index (χ3v) is 6.21. The van der Waals surface area contributed by atoms with Gasteiger partial charge in [0.15, 0.2) is 5.13 Å². The van der Waals surface area contributed by atoms with Crippen molar-refractivity contribution in [2.45, 2.75) is 39.2 Å². The molecule has 1 aromatic carbocycles. The van der Waals surface area contributed by atoms with Gasteiger partial charge < -0.3 is 10.1 Å². The number of carbonyl (C=O) groups excluding carboxylic acids is 1. The maximum absolute atomic E-state index is 12.2. The molecule has 0 spiro atoms. The summed E-state index contributed by atoms with van der Waals surface area (Å²) in [5.41, 5.74) is 2.14. The Morgan fingerprint density at radius 3 is 3.07 bits per heavy atom. The van der Waals surface area contributed by atoms with Crippen LogP contribution in [0.1, 0.15) is 37.4 Å². The lowest BCUT2D eigenvalue weighted by atomic mass is 10.0. The van der Waals surface area contributed by atoms with Gasteiger partial charge in [0.05, 0.1) is 17.3 Å². The highest BCUT2D eigenvalue weighted by molar-refractivity contribution is 9.10. The van der Waals surface area contributed by atoms with E-state index in [1.165, 1.54) is 24.2 Å². The van der Waals surface area contributed by atoms with Gasteiger partial charge in [-0.2, -0.15) is 0 Å². The van der Waals surface area contributed by atoms with Gasteiger partial charge in [-0.25, -0.2) is 4.98 Å². The molecule has 0 saturated carbocycles. The molecule has 1 saturated heterocycles. The maximum Gasteiger partial charge on any atom is 0.226 e. The van der Waals surface area contributed by atoms with Crippen LogP contribution in [0.4, 0.5) is 5.13 Å². The highest BCUT2D eigenvalue weighted by atomic mass is 79.9. The van der Waals surface area contributed by atoms with Crippen LogP contribution in [0.15, 0.2) is 28.1 Å². The second-order valence-electron chi connectivity index (χ2n) is 7.14. The van der Waals surface area contributed by atoms with Crippen molar-refractivity contribution < 1.29 is 9.53 Å². The molecule has 0 aliphatic carbocycles. The smallest absolute Gasteiger partial charge is 0.226 e. The van der Waals surface area contributed by atoms with Crippen molar-refractivity contribution in [3.8, 4) is 5.75 Å². The summed E-state index contributed by atoms with van der Waals surface area (Å²) < 4.78 is 6.13. The normalized spacial score (nSPS) is 17.7. The van der Waals surface area contributed by atoms with Crippen LogP contribution in [0.5, 0.6) is 5.75 Å². The topological polar surface area (TPSA) is 54.5 Å². The number of carbonyl (C=O) groups is 1. The number of nitrogens with zero attached hydrogens (tertiary/aromatic N) is 2. The largest absolute Gasteiger partial charge is 0.496 e. The fourth-order valence-corrected chi connectivity index (χ4v) is 4.71. The molecule has 1 amide bonds. The fourth-order valence-electron chi connectivity index (χ4n) is 3.40. The zero-order valence-electron chi connectivity index (χ0n) is 15.8. The summed E-state index contributed by atoms with van der Waals surface area (Å²) in [4.78, 5) is 19.3. The third-order valence-electron chi connectivity index (χ3n) is 4.78. The zero-order valence-corrected chi connectivity index (χ0v) is 18.2. The molecular formula is C20H26BrN3O2S. The summed E-state index contributed by atoms with van der Waals surface area (Å²) in [6.45, 7) is 5.45. The lowest BCUT2D eigenvalue weighted by Crippen LogP contribution is -2.33. The first kappa shape index (κ1) is 20.3. The molecule has 1 atom stereocenters. The van der Waals surface area contributed by atoms with Gasteiger partial charge in [-0.1, -0.05) is 13.0 Å². The number of likely N-dealkylation sites (tertiary alicyclic amines) is 1. The Balaban J connectivity index is 1.47. The molecule has 1 aliphatic heterocycles. The lowest BCUT2D eigenvalue weighted by Gasteiger charge is -2.30. The molecule has 3 rings (SSSR count). The van der Waals surface area contributed by atoms with Crippen molar-refractivity contribution in [2.24, 2.45) is 5.92 Å². The van der Waals surface area contributed by atoms with E-state index in [2.05, 4.69) is 43.4 Å². The van der Waals surface area contributed by atoms with E-state index < -0.39 is 0 Å². The minimum atomic E-state index is -0.00515. The second kappa shape index (κ2) is 9.66. The summed E-state index contributed by atoms with van der Waals surface area (Å²) in [7, 11) is 1.64. The summed E-state index contributed by atoms with van der Waals surface area (Å²) in [5, 5.41) is 5.67. The molecular weight excluding hydrogens is 426 g/mol. The third kappa shape index (κ3) is 6.02. The SMILES string of the molecule is COc1ccc(CCC(=O)Nc2nc(CN3CCCC(C)C3)cs2)cc1Br. The van der Waals surface area contributed by atoms with Crippen LogP contribution in [-0.2, 0) is 17.8 Å². The van der Waals surface area contributed by atoms with Gasteiger partial charge in [0.1, 0.15) is 5.75 Å². The molecule has 2 aromatic rings. The number of halogens is 1. The predicted octanol–water partition coefficient (Wildman–Crippen LogP) is 4.72. The minimum absolute atomic E-state index is 0.00515. The molecule has 27 heavy (non-hydrogen) atoms. The molecule has 7 heteroatoms. The van der Waals surface area contributed by atoms with E-state index in [1.807, 2.05) is 18.2 Å². The number of rotatable bonds is 7. The summed E-state index contributed by atoms with van der Waals surface area (Å²) in [6, 6.07) is 5.89. The quantitative estimate of drug-likeness (QED) is 0.661. The number of thiazole rings is 1. The highest BCUT2D eigenvalue weighted by Crippen LogP contribution is 2.26. The summed E-state index contributed by atoms with van der Waals surface area (Å²) in [5.74, 6) is 1.55. The second-order valence-corrected chi connectivity index (χ2v) is 8.86. The van der Waals surface area contributed by atoms with Crippen LogP contribution in [0.2, 0.25) is 0 Å². The number of piperidine rings is 1. The number of hydrogen-bond donors (Lipinski definition) is 1. The van der Waals surface area contributed by atoms with E-state index in [0.29, 0.717) is 18.0 Å². The number of aromatic nitrogens is 1.